The molecule has 0 saturated carbocycles. The number of anilines is 1. The van der Waals surface area contributed by atoms with E-state index in [0.29, 0.717) is 25.1 Å². The van der Waals surface area contributed by atoms with Crippen molar-refractivity contribution in [2.45, 2.75) is 18.9 Å². The van der Waals surface area contributed by atoms with Crippen LogP contribution in [0.25, 0.3) is 0 Å². The van der Waals surface area contributed by atoms with Crippen molar-refractivity contribution in [2.75, 3.05) is 11.9 Å². The molecule has 9 nitrogen and oxygen atoms in total. The van der Waals surface area contributed by atoms with E-state index in [9.17, 15) is 19.7 Å². The molecule has 0 radical (unpaired) electrons. The Morgan fingerprint density at radius 3 is 2.88 bits per heavy atom. The molecule has 1 aromatic carbocycles. The van der Waals surface area contributed by atoms with E-state index in [1.165, 1.54) is 24.4 Å². The zero-order chi connectivity index (χ0) is 18.0. The smallest absolute Gasteiger partial charge is 0.293 e. The van der Waals surface area contributed by atoms with Gasteiger partial charge in [0, 0.05) is 50.1 Å². The SMILES string of the molecule is Cn1ccnc1C(=O)c1ccc(NC2CCC(=O)NC2)c([N+](=O)[O-])c1. The fourth-order valence-electron chi connectivity index (χ4n) is 2.74. The molecule has 3 rings (SSSR count). The molecule has 9 heteroatoms. The highest BCUT2D eigenvalue weighted by atomic mass is 16.6. The van der Waals surface area contributed by atoms with E-state index in [-0.39, 0.29) is 34.8 Å². The number of nitrogens with one attached hydrogen (secondary N) is 2. The predicted molar refractivity (Wildman–Crippen MR) is 89.4 cm³/mol. The first-order chi connectivity index (χ1) is 12.0. The Balaban J connectivity index is 1.86. The van der Waals surface area contributed by atoms with Crippen molar-refractivity contribution in [2.24, 2.45) is 7.05 Å². The molecule has 1 aliphatic rings. The zero-order valence-corrected chi connectivity index (χ0v) is 13.6. The van der Waals surface area contributed by atoms with Gasteiger partial charge in [-0.25, -0.2) is 4.98 Å². The van der Waals surface area contributed by atoms with Gasteiger partial charge in [0.2, 0.25) is 11.7 Å². The van der Waals surface area contributed by atoms with Crippen LogP contribution < -0.4 is 10.6 Å². The Morgan fingerprint density at radius 1 is 1.48 bits per heavy atom. The van der Waals surface area contributed by atoms with Gasteiger partial charge in [-0.1, -0.05) is 0 Å². The molecule has 1 saturated heterocycles. The number of ketones is 1. The molecule has 2 N–H and O–H groups in total. The molecule has 1 aromatic heterocycles. The summed E-state index contributed by atoms with van der Waals surface area (Å²) in [7, 11) is 1.68. The van der Waals surface area contributed by atoms with Gasteiger partial charge in [0.15, 0.2) is 5.82 Å². The third-order valence-electron chi connectivity index (χ3n) is 4.11. The van der Waals surface area contributed by atoms with Gasteiger partial charge < -0.3 is 15.2 Å². The van der Waals surface area contributed by atoms with Crippen LogP contribution in [-0.2, 0) is 11.8 Å². The molecule has 0 bridgehead atoms. The minimum atomic E-state index is -0.529. The molecule has 25 heavy (non-hydrogen) atoms. The Bertz CT molecular complexity index is 835. The summed E-state index contributed by atoms with van der Waals surface area (Å²) < 4.78 is 1.56. The lowest BCUT2D eigenvalue weighted by Gasteiger charge is -2.24. The molecular formula is C16H17N5O4. The predicted octanol–water partition coefficient (Wildman–Crippen LogP) is 1.25. The maximum Gasteiger partial charge on any atom is 0.293 e. The van der Waals surface area contributed by atoms with E-state index in [0.717, 1.165) is 0 Å². The summed E-state index contributed by atoms with van der Waals surface area (Å²) >= 11 is 0. The molecule has 2 heterocycles. The van der Waals surface area contributed by atoms with Gasteiger partial charge >= 0.3 is 0 Å². The molecule has 2 aromatic rings. The fraction of sp³-hybridized carbons (Fsp3) is 0.312. The van der Waals surface area contributed by atoms with E-state index in [1.807, 2.05) is 0 Å². The van der Waals surface area contributed by atoms with Crippen LogP contribution >= 0.6 is 0 Å². The van der Waals surface area contributed by atoms with E-state index in [1.54, 1.807) is 17.8 Å². The quantitative estimate of drug-likeness (QED) is 0.479. The van der Waals surface area contributed by atoms with Crippen LogP contribution in [0.2, 0.25) is 0 Å². The molecule has 130 valence electrons. The third-order valence-corrected chi connectivity index (χ3v) is 4.11. The van der Waals surface area contributed by atoms with Gasteiger partial charge in [-0.3, -0.25) is 19.7 Å². The molecule has 1 fully saturated rings. The van der Waals surface area contributed by atoms with Gasteiger partial charge in [-0.2, -0.15) is 0 Å². The van der Waals surface area contributed by atoms with Crippen molar-refractivity contribution >= 4 is 23.1 Å². The number of rotatable bonds is 5. The van der Waals surface area contributed by atoms with E-state index < -0.39 is 4.92 Å². The van der Waals surface area contributed by atoms with Crippen LogP contribution in [0, 0.1) is 10.1 Å². The maximum atomic E-state index is 12.5. The Labute approximate surface area is 143 Å². The highest BCUT2D eigenvalue weighted by Crippen LogP contribution is 2.28. The Hall–Kier alpha value is -3.23. The van der Waals surface area contributed by atoms with E-state index >= 15 is 0 Å². The monoisotopic (exact) mass is 343 g/mol. The Morgan fingerprint density at radius 2 is 2.28 bits per heavy atom. The number of hydrogen-bond acceptors (Lipinski definition) is 6. The molecular weight excluding hydrogens is 326 g/mol. The maximum absolute atomic E-state index is 12.5. The van der Waals surface area contributed by atoms with Crippen molar-refractivity contribution in [1.82, 2.24) is 14.9 Å². The van der Waals surface area contributed by atoms with Crippen molar-refractivity contribution in [3.05, 3.63) is 52.1 Å². The summed E-state index contributed by atoms with van der Waals surface area (Å²) in [6.07, 6.45) is 4.10. The fourth-order valence-corrected chi connectivity index (χ4v) is 2.74. The van der Waals surface area contributed by atoms with Crippen LogP contribution in [0.15, 0.2) is 30.6 Å². The number of amides is 1. The van der Waals surface area contributed by atoms with E-state index in [2.05, 4.69) is 15.6 Å². The van der Waals surface area contributed by atoms with Gasteiger partial charge in [-0.05, 0) is 18.6 Å². The van der Waals surface area contributed by atoms with Crippen LogP contribution in [0.5, 0.6) is 0 Å². The molecule has 1 unspecified atom stereocenters. The summed E-state index contributed by atoms with van der Waals surface area (Å²) in [5.41, 5.74) is 0.336. The molecule has 0 spiro atoms. The van der Waals surface area contributed by atoms with E-state index in [4.69, 9.17) is 0 Å². The highest BCUT2D eigenvalue weighted by molar-refractivity contribution is 6.07. The largest absolute Gasteiger partial charge is 0.375 e. The lowest BCUT2D eigenvalue weighted by atomic mass is 10.0. The summed E-state index contributed by atoms with van der Waals surface area (Å²) in [4.78, 5) is 38.5. The average Bonchev–Trinajstić information content (AvgIpc) is 3.02. The average molecular weight is 343 g/mol. The normalized spacial score (nSPS) is 17.0. The topological polar surface area (TPSA) is 119 Å². The number of carbonyl (C=O) groups excluding carboxylic acids is 2. The zero-order valence-electron chi connectivity index (χ0n) is 13.6. The second-order valence-electron chi connectivity index (χ2n) is 5.86. The summed E-state index contributed by atoms with van der Waals surface area (Å²) in [5.74, 6) is -0.194. The van der Waals surface area contributed by atoms with Gasteiger partial charge in [0.05, 0.1) is 4.92 Å². The summed E-state index contributed by atoms with van der Waals surface area (Å²) in [6, 6.07) is 4.21. The molecule has 0 aliphatic carbocycles. The van der Waals surface area contributed by atoms with Crippen molar-refractivity contribution in [3.63, 3.8) is 0 Å². The molecule has 1 aliphatic heterocycles. The number of aromatic nitrogens is 2. The van der Waals surface area contributed by atoms with Crippen molar-refractivity contribution in [1.29, 1.82) is 0 Å². The first-order valence-electron chi connectivity index (χ1n) is 7.79. The first-order valence-corrected chi connectivity index (χ1v) is 7.79. The third kappa shape index (κ3) is 3.49. The minimum absolute atomic E-state index is 0.0245. The van der Waals surface area contributed by atoms with Crippen LogP contribution in [-0.4, -0.2) is 38.8 Å². The second kappa shape index (κ2) is 6.71. The number of carbonyl (C=O) groups is 2. The van der Waals surface area contributed by atoms with Gasteiger partial charge in [0.1, 0.15) is 5.69 Å². The lowest BCUT2D eigenvalue weighted by Crippen LogP contribution is -2.41. The van der Waals surface area contributed by atoms with Crippen LogP contribution in [0.4, 0.5) is 11.4 Å². The number of nitro groups is 1. The standard InChI is InChI=1S/C16H17N5O4/c1-20-7-6-17-16(20)15(23)10-2-4-12(13(8-10)21(24)25)19-11-3-5-14(22)18-9-11/h2,4,6-8,11,19H,3,5,9H2,1H3,(H,18,22). The molecule has 1 atom stereocenters. The van der Waals surface area contributed by atoms with Crippen molar-refractivity contribution in [3.8, 4) is 0 Å². The van der Waals surface area contributed by atoms with Crippen LogP contribution in [0.3, 0.4) is 0 Å². The molecule has 1 amide bonds. The summed E-state index contributed by atoms with van der Waals surface area (Å²) in [6.45, 7) is 0.407. The number of aryl methyl sites for hydroxylation is 1. The number of nitro benzene ring substituents is 1. The van der Waals surface area contributed by atoms with Crippen molar-refractivity contribution < 1.29 is 14.5 Å². The number of nitrogens with zero attached hydrogens (tertiary/aromatic N) is 3. The second-order valence-corrected chi connectivity index (χ2v) is 5.86. The Kier molecular flexibility index (Phi) is 4.46. The van der Waals surface area contributed by atoms with Gasteiger partial charge in [-0.15, -0.1) is 0 Å². The summed E-state index contributed by atoms with van der Waals surface area (Å²) in [5, 5.41) is 17.2. The highest BCUT2D eigenvalue weighted by Gasteiger charge is 2.24. The van der Waals surface area contributed by atoms with Crippen LogP contribution in [0.1, 0.15) is 29.0 Å². The number of hydrogen-bond donors (Lipinski definition) is 2. The number of piperidine rings is 1. The van der Waals surface area contributed by atoms with Gasteiger partial charge in [0.25, 0.3) is 5.69 Å². The number of imidazole rings is 1. The lowest BCUT2D eigenvalue weighted by molar-refractivity contribution is -0.384. The first kappa shape index (κ1) is 16.6. The minimum Gasteiger partial charge on any atom is -0.375 e. The number of benzene rings is 1.